The Morgan fingerprint density at radius 2 is 0.453 bits per heavy atom. The van der Waals surface area contributed by atoms with Crippen LogP contribution < -0.4 is 0 Å². The number of aliphatic hydroxyl groups is 1. The second kappa shape index (κ2) is 75.7. The fourth-order valence-electron chi connectivity index (χ4n) is 13.5. The van der Waals surface area contributed by atoms with Gasteiger partial charge in [0.25, 0.3) is 0 Å². The van der Waals surface area contributed by atoms with Crippen molar-refractivity contribution in [3.05, 3.63) is 0 Å². The average Bonchev–Trinajstić information content (AvgIpc) is 0.900. The molecule has 0 radical (unpaired) electrons. The fourth-order valence-corrected chi connectivity index (χ4v) is 15.0. The predicted molar refractivity (Wildman–Crippen MR) is 437 cm³/mol. The summed E-state index contributed by atoms with van der Waals surface area (Å²) in [5, 5.41) is 10.7. The molecule has 0 aromatic carbocycles. The van der Waals surface area contributed by atoms with Gasteiger partial charge in [0, 0.05) is 25.7 Å². The monoisotopic (exact) mass is 1550 g/mol. The van der Waals surface area contributed by atoms with Crippen LogP contribution in [0.5, 0.6) is 0 Å². The maximum atomic E-state index is 13.1. The van der Waals surface area contributed by atoms with E-state index < -0.39 is 97.5 Å². The molecule has 0 saturated heterocycles. The smallest absolute Gasteiger partial charge is 0.462 e. The molecule has 0 spiro atoms. The third-order valence-corrected chi connectivity index (χ3v) is 22.6. The minimum Gasteiger partial charge on any atom is -0.462 e. The van der Waals surface area contributed by atoms with Crippen molar-refractivity contribution < 1.29 is 80.2 Å². The molecule has 0 aliphatic rings. The standard InChI is InChI=1S/C87H170O17P2/c1-9-80(8)66-58-50-41-35-29-23-19-20-24-30-36-42-51-59-67-84(89)97-73-82(103-86(91)69-62-54-44-38-32-26-18-14-16-22-28-34-40-48-56-64-78(4)5)75-101-105(93,94)99-71-81(88)72-100-106(95,96)102-76-83(74-98-85(90)68-60-52-46-45-49-57-65-79(6)7)104-87(92)70-61-53-43-37-31-25-17-13-11-10-12-15-21-27-33-39-47-55-63-77(2)3/h77-83,88H,9-76H2,1-8H3,(H,93,94)(H,95,96)/t80?,81?,82-,83-/m1/s1. The number of carbonyl (C=O) groups excluding carboxylic acids is 4. The molecule has 0 saturated carbocycles. The van der Waals surface area contributed by atoms with Gasteiger partial charge in [-0.25, -0.2) is 9.13 Å². The second-order valence-electron chi connectivity index (χ2n) is 33.0. The number of phosphoric acid groups is 2. The quantitative estimate of drug-likeness (QED) is 0.0222. The lowest BCUT2D eigenvalue weighted by atomic mass is 9.99. The van der Waals surface area contributed by atoms with E-state index in [0.717, 1.165) is 114 Å². The summed E-state index contributed by atoms with van der Waals surface area (Å²) in [5.74, 6) is 1.04. The number of phosphoric ester groups is 2. The zero-order valence-corrected chi connectivity index (χ0v) is 71.9. The van der Waals surface area contributed by atoms with Crippen LogP contribution in [0.1, 0.15) is 453 Å². The number of ether oxygens (including phenoxy) is 4. The van der Waals surface area contributed by atoms with Crippen LogP contribution in [0.2, 0.25) is 0 Å². The summed E-state index contributed by atoms with van der Waals surface area (Å²) in [6.45, 7) is 14.3. The van der Waals surface area contributed by atoms with Crippen LogP contribution in [0.25, 0.3) is 0 Å². The number of unbranched alkanes of at least 4 members (excludes halogenated alkanes) is 49. The molecule has 0 aliphatic heterocycles. The first-order chi connectivity index (χ1) is 51.1. The molecule has 0 bridgehead atoms. The van der Waals surface area contributed by atoms with Crippen LogP contribution in [0, 0.1) is 23.7 Å². The van der Waals surface area contributed by atoms with E-state index in [-0.39, 0.29) is 25.7 Å². The van der Waals surface area contributed by atoms with E-state index in [2.05, 4.69) is 55.4 Å². The molecular weight excluding hydrogens is 1380 g/mol. The summed E-state index contributed by atoms with van der Waals surface area (Å²) in [4.78, 5) is 73.2. The van der Waals surface area contributed by atoms with Gasteiger partial charge in [-0.1, -0.05) is 402 Å². The van der Waals surface area contributed by atoms with E-state index >= 15 is 0 Å². The molecule has 0 heterocycles. The maximum absolute atomic E-state index is 13.1. The first-order valence-corrected chi connectivity index (χ1v) is 47.7. The van der Waals surface area contributed by atoms with Gasteiger partial charge in [-0.05, 0) is 49.4 Å². The summed E-state index contributed by atoms with van der Waals surface area (Å²) in [5.41, 5.74) is 0. The second-order valence-corrected chi connectivity index (χ2v) is 35.9. The van der Waals surface area contributed by atoms with Gasteiger partial charge in [-0.15, -0.1) is 0 Å². The van der Waals surface area contributed by atoms with Crippen molar-refractivity contribution in [3.8, 4) is 0 Å². The van der Waals surface area contributed by atoms with Crippen molar-refractivity contribution in [2.75, 3.05) is 39.6 Å². The molecule has 3 N–H and O–H groups in total. The summed E-state index contributed by atoms with van der Waals surface area (Å²) in [6.07, 6.45) is 65.4. The summed E-state index contributed by atoms with van der Waals surface area (Å²) >= 11 is 0. The van der Waals surface area contributed by atoms with Gasteiger partial charge < -0.3 is 33.8 Å². The van der Waals surface area contributed by atoms with E-state index in [0.29, 0.717) is 31.6 Å². The molecule has 106 heavy (non-hydrogen) atoms. The average molecular weight is 1550 g/mol. The SMILES string of the molecule is CCC(C)CCCCCCCCCCCCCCCCC(=O)OC[C@H](COP(=O)(O)OCC(O)COP(=O)(O)OC[C@@H](COC(=O)CCCCCCCCC(C)C)OC(=O)CCCCCCCCCCCCCCCCCCCCC(C)C)OC(=O)CCCCCCCCCCCCCCCCCC(C)C. The van der Waals surface area contributed by atoms with E-state index in [4.69, 9.17) is 37.0 Å². The molecule has 4 unspecified atom stereocenters. The summed E-state index contributed by atoms with van der Waals surface area (Å²) in [7, 11) is -9.93. The van der Waals surface area contributed by atoms with Crippen LogP contribution in [0.3, 0.4) is 0 Å². The number of carbonyl (C=O) groups is 4. The molecule has 0 aromatic heterocycles. The highest BCUT2D eigenvalue weighted by atomic mass is 31.2. The lowest BCUT2D eigenvalue weighted by molar-refractivity contribution is -0.161. The van der Waals surface area contributed by atoms with Gasteiger partial charge >= 0.3 is 39.5 Å². The lowest BCUT2D eigenvalue weighted by Gasteiger charge is -2.21. The Kier molecular flexibility index (Phi) is 74.3. The van der Waals surface area contributed by atoms with Gasteiger partial charge in [-0.2, -0.15) is 0 Å². The molecule has 19 heteroatoms. The minimum absolute atomic E-state index is 0.107. The van der Waals surface area contributed by atoms with Crippen LogP contribution in [-0.2, 0) is 65.4 Å². The number of rotatable bonds is 84. The topological polar surface area (TPSA) is 237 Å². The number of hydrogen-bond acceptors (Lipinski definition) is 15. The Morgan fingerprint density at radius 3 is 0.670 bits per heavy atom. The van der Waals surface area contributed by atoms with Gasteiger partial charge in [0.15, 0.2) is 12.2 Å². The third-order valence-electron chi connectivity index (χ3n) is 20.7. The summed E-state index contributed by atoms with van der Waals surface area (Å²) in [6, 6.07) is 0. The Balaban J connectivity index is 5.20. The molecule has 0 aromatic rings. The van der Waals surface area contributed by atoms with Crippen LogP contribution in [0.15, 0.2) is 0 Å². The first kappa shape index (κ1) is 104. The molecule has 0 amide bonds. The molecule has 0 rings (SSSR count). The van der Waals surface area contributed by atoms with E-state index in [1.54, 1.807) is 0 Å². The van der Waals surface area contributed by atoms with Crippen LogP contribution >= 0.6 is 15.6 Å². The zero-order valence-electron chi connectivity index (χ0n) is 70.1. The van der Waals surface area contributed by atoms with E-state index in [1.807, 2.05) is 0 Å². The van der Waals surface area contributed by atoms with Crippen molar-refractivity contribution in [2.24, 2.45) is 23.7 Å². The third kappa shape index (κ3) is 78.7. The van der Waals surface area contributed by atoms with Crippen LogP contribution in [-0.4, -0.2) is 96.7 Å². The summed E-state index contributed by atoms with van der Waals surface area (Å²) < 4.78 is 68.9. The Bertz CT molecular complexity index is 2060. The van der Waals surface area contributed by atoms with Crippen molar-refractivity contribution in [2.45, 2.75) is 472 Å². The molecule has 17 nitrogen and oxygen atoms in total. The van der Waals surface area contributed by atoms with Crippen molar-refractivity contribution in [1.82, 2.24) is 0 Å². The fraction of sp³-hybridized carbons (Fsp3) is 0.954. The molecule has 630 valence electrons. The first-order valence-electron chi connectivity index (χ1n) is 44.7. The van der Waals surface area contributed by atoms with Crippen molar-refractivity contribution in [3.63, 3.8) is 0 Å². The lowest BCUT2D eigenvalue weighted by Crippen LogP contribution is -2.30. The molecular formula is C87H170O17P2. The van der Waals surface area contributed by atoms with Crippen molar-refractivity contribution in [1.29, 1.82) is 0 Å². The van der Waals surface area contributed by atoms with Crippen molar-refractivity contribution >= 4 is 39.5 Å². The van der Waals surface area contributed by atoms with Crippen LogP contribution in [0.4, 0.5) is 0 Å². The number of hydrogen-bond donors (Lipinski definition) is 3. The van der Waals surface area contributed by atoms with Gasteiger partial charge in [0.05, 0.1) is 26.4 Å². The molecule has 6 atom stereocenters. The van der Waals surface area contributed by atoms with E-state index in [9.17, 15) is 43.2 Å². The van der Waals surface area contributed by atoms with Gasteiger partial charge in [0.2, 0.25) is 0 Å². The highest BCUT2D eigenvalue weighted by Crippen LogP contribution is 2.45. The van der Waals surface area contributed by atoms with Gasteiger partial charge in [-0.3, -0.25) is 37.3 Å². The predicted octanol–water partition coefficient (Wildman–Crippen LogP) is 26.3. The Morgan fingerprint density at radius 1 is 0.264 bits per heavy atom. The minimum atomic E-state index is -4.97. The number of aliphatic hydroxyl groups excluding tert-OH is 1. The number of esters is 4. The Hall–Kier alpha value is -1.94. The Labute approximate surface area is 651 Å². The highest BCUT2D eigenvalue weighted by Gasteiger charge is 2.31. The maximum Gasteiger partial charge on any atom is 0.472 e. The largest absolute Gasteiger partial charge is 0.472 e. The van der Waals surface area contributed by atoms with E-state index in [1.165, 1.54) is 250 Å². The van der Waals surface area contributed by atoms with Gasteiger partial charge in [0.1, 0.15) is 19.3 Å². The highest BCUT2D eigenvalue weighted by molar-refractivity contribution is 7.47. The molecule has 0 fully saturated rings. The normalized spacial score (nSPS) is 14.2. The zero-order chi connectivity index (χ0) is 78.1. The molecule has 0 aliphatic carbocycles.